The van der Waals surface area contributed by atoms with Gasteiger partial charge < -0.3 is 5.11 Å². The van der Waals surface area contributed by atoms with Gasteiger partial charge in [-0.05, 0) is 12.8 Å². The standard InChI is InChI=1S/C12H24O3S/c1-3-5-6-7-8-9-10-16(15)11(4-2)12(13)14/h11H,3-10H2,1-2H3,(H,13,14). The Morgan fingerprint density at radius 2 is 1.69 bits per heavy atom. The second-order valence-corrected chi connectivity index (χ2v) is 5.83. The van der Waals surface area contributed by atoms with Gasteiger partial charge in [-0.3, -0.25) is 9.00 Å². The number of hydrogen-bond donors (Lipinski definition) is 1. The average molecular weight is 248 g/mol. The van der Waals surface area contributed by atoms with Crippen molar-refractivity contribution in [2.45, 2.75) is 64.0 Å². The molecular formula is C12H24O3S. The van der Waals surface area contributed by atoms with E-state index in [2.05, 4.69) is 6.92 Å². The smallest absolute Gasteiger partial charge is 0.319 e. The number of carbonyl (C=O) groups is 1. The molecule has 96 valence electrons. The van der Waals surface area contributed by atoms with Crippen LogP contribution in [0.15, 0.2) is 0 Å². The molecule has 2 atom stereocenters. The number of aliphatic carboxylic acids is 1. The molecule has 1 N–H and O–H groups in total. The molecule has 0 bridgehead atoms. The molecular weight excluding hydrogens is 224 g/mol. The van der Waals surface area contributed by atoms with Crippen molar-refractivity contribution in [2.24, 2.45) is 0 Å². The maximum absolute atomic E-state index is 11.6. The van der Waals surface area contributed by atoms with Gasteiger partial charge in [0.2, 0.25) is 0 Å². The largest absolute Gasteiger partial charge is 0.480 e. The van der Waals surface area contributed by atoms with Crippen LogP contribution in [0, 0.1) is 0 Å². The van der Waals surface area contributed by atoms with Gasteiger partial charge in [0, 0.05) is 16.6 Å². The first kappa shape index (κ1) is 15.6. The Kier molecular flexibility index (Phi) is 9.59. The minimum atomic E-state index is -1.19. The van der Waals surface area contributed by atoms with Crippen molar-refractivity contribution in [3.8, 4) is 0 Å². The molecule has 0 aromatic heterocycles. The van der Waals surface area contributed by atoms with Crippen molar-refractivity contribution >= 4 is 16.8 Å². The third-order valence-corrected chi connectivity index (χ3v) is 4.52. The predicted molar refractivity (Wildman–Crippen MR) is 68.1 cm³/mol. The Hall–Kier alpha value is -0.380. The van der Waals surface area contributed by atoms with Crippen molar-refractivity contribution in [2.75, 3.05) is 5.75 Å². The van der Waals surface area contributed by atoms with Gasteiger partial charge in [-0.25, -0.2) is 0 Å². The molecule has 0 aromatic rings. The Labute approximate surface area is 101 Å². The summed E-state index contributed by atoms with van der Waals surface area (Å²) < 4.78 is 11.6. The van der Waals surface area contributed by atoms with E-state index in [1.54, 1.807) is 6.92 Å². The number of rotatable bonds is 10. The van der Waals surface area contributed by atoms with Crippen LogP contribution in [0.25, 0.3) is 0 Å². The van der Waals surface area contributed by atoms with Crippen LogP contribution in [0.1, 0.15) is 58.8 Å². The lowest BCUT2D eigenvalue weighted by Crippen LogP contribution is -2.26. The quantitative estimate of drug-likeness (QED) is 0.605. The molecule has 0 aliphatic rings. The second-order valence-electron chi connectivity index (χ2n) is 4.09. The van der Waals surface area contributed by atoms with E-state index in [1.165, 1.54) is 25.7 Å². The van der Waals surface area contributed by atoms with Crippen LogP contribution in [0.3, 0.4) is 0 Å². The lowest BCUT2D eigenvalue weighted by atomic mass is 10.1. The molecule has 0 spiro atoms. The Morgan fingerprint density at radius 3 is 2.19 bits per heavy atom. The molecule has 0 saturated carbocycles. The molecule has 0 aromatic carbocycles. The normalized spacial score (nSPS) is 14.6. The number of carboxylic acids is 1. The van der Waals surface area contributed by atoms with Gasteiger partial charge in [0.1, 0.15) is 5.25 Å². The topological polar surface area (TPSA) is 54.4 Å². The van der Waals surface area contributed by atoms with E-state index in [4.69, 9.17) is 5.11 Å². The van der Waals surface area contributed by atoms with E-state index in [0.29, 0.717) is 12.2 Å². The molecule has 0 aliphatic carbocycles. The highest BCUT2D eigenvalue weighted by molar-refractivity contribution is 7.86. The van der Waals surface area contributed by atoms with E-state index in [9.17, 15) is 9.00 Å². The van der Waals surface area contributed by atoms with Crippen LogP contribution < -0.4 is 0 Å². The zero-order chi connectivity index (χ0) is 12.4. The van der Waals surface area contributed by atoms with Crippen molar-refractivity contribution in [1.82, 2.24) is 0 Å². The number of unbranched alkanes of at least 4 members (excludes halogenated alkanes) is 5. The fourth-order valence-corrected chi connectivity index (χ4v) is 3.01. The molecule has 0 aliphatic heterocycles. The molecule has 0 heterocycles. The van der Waals surface area contributed by atoms with E-state index in [0.717, 1.165) is 12.8 Å². The van der Waals surface area contributed by atoms with Crippen LogP contribution in [0.5, 0.6) is 0 Å². The molecule has 0 fully saturated rings. The maximum Gasteiger partial charge on any atom is 0.319 e. The number of hydrogen-bond acceptors (Lipinski definition) is 2. The molecule has 4 heteroatoms. The molecule has 16 heavy (non-hydrogen) atoms. The minimum absolute atomic E-state index is 0.456. The Balaban J connectivity index is 3.60. The molecule has 0 amide bonds. The zero-order valence-electron chi connectivity index (χ0n) is 10.4. The minimum Gasteiger partial charge on any atom is -0.480 e. The highest BCUT2D eigenvalue weighted by Crippen LogP contribution is 2.09. The average Bonchev–Trinajstić information content (AvgIpc) is 2.23. The summed E-state index contributed by atoms with van der Waals surface area (Å²) in [4.78, 5) is 10.8. The molecule has 0 radical (unpaired) electrons. The van der Waals surface area contributed by atoms with Gasteiger partial charge in [-0.2, -0.15) is 0 Å². The first-order valence-corrected chi connectivity index (χ1v) is 7.61. The van der Waals surface area contributed by atoms with Gasteiger partial charge in [-0.15, -0.1) is 0 Å². The number of carboxylic acid groups (broad SMARTS) is 1. The molecule has 2 unspecified atom stereocenters. The molecule has 0 saturated heterocycles. The van der Waals surface area contributed by atoms with Crippen molar-refractivity contribution < 1.29 is 14.1 Å². The van der Waals surface area contributed by atoms with Gasteiger partial charge >= 0.3 is 5.97 Å². The lowest BCUT2D eigenvalue weighted by Gasteiger charge is -2.09. The molecule has 3 nitrogen and oxygen atoms in total. The van der Waals surface area contributed by atoms with Crippen LogP contribution in [0.2, 0.25) is 0 Å². The van der Waals surface area contributed by atoms with Crippen LogP contribution in [-0.4, -0.2) is 26.3 Å². The molecule has 0 rings (SSSR count). The summed E-state index contributed by atoms with van der Waals surface area (Å²) in [5.74, 6) is -0.386. The fourth-order valence-electron chi connectivity index (χ4n) is 1.64. The summed E-state index contributed by atoms with van der Waals surface area (Å²) >= 11 is 0. The first-order valence-electron chi connectivity index (χ1n) is 6.23. The maximum atomic E-state index is 11.6. The third-order valence-electron chi connectivity index (χ3n) is 2.66. The SMILES string of the molecule is CCCCCCCCS(=O)C(CC)C(=O)O. The Morgan fingerprint density at radius 1 is 1.12 bits per heavy atom. The van der Waals surface area contributed by atoms with Gasteiger partial charge in [0.25, 0.3) is 0 Å². The summed E-state index contributed by atoms with van der Waals surface area (Å²) in [6.45, 7) is 3.95. The van der Waals surface area contributed by atoms with E-state index >= 15 is 0 Å². The Bertz CT molecular complexity index is 216. The fraction of sp³-hybridized carbons (Fsp3) is 0.917. The highest BCUT2D eigenvalue weighted by atomic mass is 32.2. The lowest BCUT2D eigenvalue weighted by molar-refractivity contribution is -0.136. The van der Waals surface area contributed by atoms with Crippen molar-refractivity contribution in [1.29, 1.82) is 0 Å². The summed E-state index contributed by atoms with van der Waals surface area (Å²) in [6.07, 6.45) is 7.31. The van der Waals surface area contributed by atoms with Crippen LogP contribution in [0.4, 0.5) is 0 Å². The van der Waals surface area contributed by atoms with Crippen molar-refractivity contribution in [3.63, 3.8) is 0 Å². The third kappa shape index (κ3) is 6.99. The van der Waals surface area contributed by atoms with Gasteiger partial charge in [0.05, 0.1) is 0 Å². The monoisotopic (exact) mass is 248 g/mol. The summed E-state index contributed by atoms with van der Waals surface area (Å²) in [5.41, 5.74) is 0. The van der Waals surface area contributed by atoms with Gasteiger partial charge in [-0.1, -0.05) is 46.0 Å². The summed E-state index contributed by atoms with van der Waals surface area (Å²) in [7, 11) is -1.19. The first-order chi connectivity index (χ1) is 7.63. The van der Waals surface area contributed by atoms with E-state index in [-0.39, 0.29) is 0 Å². The predicted octanol–water partition coefficient (Wildman–Crippen LogP) is 2.96. The summed E-state index contributed by atoms with van der Waals surface area (Å²) in [5, 5.41) is 8.15. The zero-order valence-corrected chi connectivity index (χ0v) is 11.2. The highest BCUT2D eigenvalue weighted by Gasteiger charge is 2.21. The van der Waals surface area contributed by atoms with E-state index in [1.807, 2.05) is 0 Å². The van der Waals surface area contributed by atoms with Gasteiger partial charge in [0.15, 0.2) is 0 Å². The van der Waals surface area contributed by atoms with E-state index < -0.39 is 22.0 Å². The van der Waals surface area contributed by atoms with Crippen LogP contribution in [-0.2, 0) is 15.6 Å². The van der Waals surface area contributed by atoms with Crippen LogP contribution >= 0.6 is 0 Å². The van der Waals surface area contributed by atoms with Crippen molar-refractivity contribution in [3.05, 3.63) is 0 Å². The second kappa shape index (κ2) is 9.82. The summed E-state index contributed by atoms with van der Waals surface area (Å²) in [6, 6.07) is 0.